The molecule has 24 heavy (non-hydrogen) atoms. The summed E-state index contributed by atoms with van der Waals surface area (Å²) >= 11 is 0. The molecule has 0 heterocycles. The molecular weight excluding hydrogens is 306 g/mol. The largest absolute Gasteiger partial charge is 0.490 e. The number of aryl methyl sites for hydroxylation is 1. The van der Waals surface area contributed by atoms with Crippen molar-refractivity contribution < 1.29 is 19.4 Å². The second-order valence-corrected chi connectivity index (χ2v) is 5.49. The average molecular weight is 329 g/mol. The van der Waals surface area contributed by atoms with Gasteiger partial charge in [-0.05, 0) is 37.1 Å². The standard InChI is InChI=1S/C19H23NO4/c1-3-23-18-10-15(11-20-12-19(21)22)7-8-17(18)24-13-16-6-4-5-14(2)9-16/h4-10,20H,3,11-13H2,1-2H3,(H,21,22). The summed E-state index contributed by atoms with van der Waals surface area (Å²) < 4.78 is 11.5. The van der Waals surface area contributed by atoms with Crippen LogP contribution in [0.5, 0.6) is 11.5 Å². The van der Waals surface area contributed by atoms with Gasteiger partial charge in [0.05, 0.1) is 13.2 Å². The van der Waals surface area contributed by atoms with Gasteiger partial charge in [-0.3, -0.25) is 4.79 Å². The maximum absolute atomic E-state index is 10.5. The fourth-order valence-electron chi connectivity index (χ4n) is 2.33. The molecule has 0 amide bonds. The van der Waals surface area contributed by atoms with Crippen LogP contribution in [0.2, 0.25) is 0 Å². The molecule has 0 atom stereocenters. The Bertz CT molecular complexity index is 685. The number of carboxylic acids is 1. The molecule has 5 heteroatoms. The number of ether oxygens (including phenoxy) is 2. The van der Waals surface area contributed by atoms with Crippen LogP contribution in [0.25, 0.3) is 0 Å². The van der Waals surface area contributed by atoms with Crippen LogP contribution < -0.4 is 14.8 Å². The highest BCUT2D eigenvalue weighted by molar-refractivity contribution is 5.69. The molecule has 0 spiro atoms. The van der Waals surface area contributed by atoms with Crippen molar-refractivity contribution in [2.45, 2.75) is 27.0 Å². The molecule has 0 aliphatic heterocycles. The van der Waals surface area contributed by atoms with Crippen LogP contribution in [0.3, 0.4) is 0 Å². The van der Waals surface area contributed by atoms with Gasteiger partial charge in [0.1, 0.15) is 6.61 Å². The van der Waals surface area contributed by atoms with Crippen LogP contribution in [0.1, 0.15) is 23.6 Å². The molecule has 0 bridgehead atoms. The fraction of sp³-hybridized carbons (Fsp3) is 0.316. The first kappa shape index (κ1) is 17.8. The van der Waals surface area contributed by atoms with E-state index in [-0.39, 0.29) is 6.54 Å². The van der Waals surface area contributed by atoms with Crippen molar-refractivity contribution in [1.29, 1.82) is 0 Å². The SMILES string of the molecule is CCOc1cc(CNCC(=O)O)ccc1OCc1cccc(C)c1. The molecule has 2 aromatic carbocycles. The first-order valence-corrected chi connectivity index (χ1v) is 7.95. The van der Waals surface area contributed by atoms with Crippen LogP contribution in [0.15, 0.2) is 42.5 Å². The van der Waals surface area contributed by atoms with E-state index < -0.39 is 5.97 Å². The van der Waals surface area contributed by atoms with Gasteiger partial charge in [0, 0.05) is 6.54 Å². The minimum Gasteiger partial charge on any atom is -0.490 e. The minimum absolute atomic E-state index is 0.0738. The predicted octanol–water partition coefficient (Wildman–Crippen LogP) is 3.15. The molecule has 0 unspecified atom stereocenters. The Labute approximate surface area is 142 Å². The van der Waals surface area contributed by atoms with Gasteiger partial charge in [-0.15, -0.1) is 0 Å². The molecule has 0 aliphatic rings. The molecular formula is C19H23NO4. The number of carboxylic acid groups (broad SMARTS) is 1. The maximum atomic E-state index is 10.5. The van der Waals surface area contributed by atoms with Crippen molar-refractivity contribution in [2.75, 3.05) is 13.2 Å². The molecule has 0 aliphatic carbocycles. The van der Waals surface area contributed by atoms with Crippen LogP contribution in [-0.2, 0) is 17.9 Å². The highest BCUT2D eigenvalue weighted by Crippen LogP contribution is 2.29. The second kappa shape index (κ2) is 8.93. The average Bonchev–Trinajstić information content (AvgIpc) is 2.54. The molecule has 0 saturated carbocycles. The smallest absolute Gasteiger partial charge is 0.317 e. The predicted molar refractivity (Wildman–Crippen MR) is 92.5 cm³/mol. The van der Waals surface area contributed by atoms with Crippen LogP contribution in [0, 0.1) is 6.92 Å². The second-order valence-electron chi connectivity index (χ2n) is 5.49. The molecule has 0 aromatic heterocycles. The van der Waals surface area contributed by atoms with Crippen molar-refractivity contribution in [2.24, 2.45) is 0 Å². The monoisotopic (exact) mass is 329 g/mol. The van der Waals surface area contributed by atoms with E-state index >= 15 is 0 Å². The number of hydrogen-bond acceptors (Lipinski definition) is 4. The van der Waals surface area contributed by atoms with E-state index in [9.17, 15) is 4.79 Å². The van der Waals surface area contributed by atoms with Gasteiger partial charge in [-0.25, -0.2) is 0 Å². The number of hydrogen-bond donors (Lipinski definition) is 2. The van der Waals surface area contributed by atoms with E-state index in [1.807, 2.05) is 50.2 Å². The Kier molecular flexibility index (Phi) is 6.63. The van der Waals surface area contributed by atoms with E-state index in [0.29, 0.717) is 31.3 Å². The van der Waals surface area contributed by atoms with Crippen molar-refractivity contribution in [3.63, 3.8) is 0 Å². The molecule has 128 valence electrons. The lowest BCUT2D eigenvalue weighted by atomic mass is 10.1. The summed E-state index contributed by atoms with van der Waals surface area (Å²) in [6.45, 7) is 5.36. The third-order valence-electron chi connectivity index (χ3n) is 3.39. The van der Waals surface area contributed by atoms with Gasteiger partial charge in [0.2, 0.25) is 0 Å². The first-order valence-electron chi connectivity index (χ1n) is 7.95. The minimum atomic E-state index is -0.877. The van der Waals surface area contributed by atoms with Gasteiger partial charge in [-0.1, -0.05) is 35.9 Å². The molecule has 0 fully saturated rings. The Hall–Kier alpha value is -2.53. The van der Waals surface area contributed by atoms with E-state index in [2.05, 4.69) is 11.4 Å². The Morgan fingerprint density at radius 3 is 2.62 bits per heavy atom. The zero-order valence-corrected chi connectivity index (χ0v) is 14.0. The quantitative estimate of drug-likeness (QED) is 0.740. The van der Waals surface area contributed by atoms with Gasteiger partial charge < -0.3 is 19.9 Å². The Morgan fingerprint density at radius 1 is 1.08 bits per heavy atom. The number of rotatable bonds is 9. The summed E-state index contributed by atoms with van der Waals surface area (Å²) in [5.74, 6) is 0.471. The molecule has 0 saturated heterocycles. The summed E-state index contributed by atoms with van der Waals surface area (Å²) in [6.07, 6.45) is 0. The van der Waals surface area contributed by atoms with Gasteiger partial charge in [0.25, 0.3) is 0 Å². The normalized spacial score (nSPS) is 10.4. The number of carbonyl (C=O) groups is 1. The van der Waals surface area contributed by atoms with Crippen LogP contribution in [-0.4, -0.2) is 24.2 Å². The van der Waals surface area contributed by atoms with Gasteiger partial charge >= 0.3 is 5.97 Å². The van der Waals surface area contributed by atoms with E-state index in [1.165, 1.54) is 5.56 Å². The number of nitrogens with one attached hydrogen (secondary N) is 1. The Balaban J connectivity index is 2.03. The molecule has 2 rings (SSSR count). The third kappa shape index (κ3) is 5.59. The zero-order valence-electron chi connectivity index (χ0n) is 14.0. The lowest BCUT2D eigenvalue weighted by molar-refractivity contribution is -0.135. The zero-order chi connectivity index (χ0) is 17.4. The number of benzene rings is 2. The van der Waals surface area contributed by atoms with Crippen molar-refractivity contribution >= 4 is 5.97 Å². The summed E-state index contributed by atoms with van der Waals surface area (Å²) in [4.78, 5) is 10.5. The summed E-state index contributed by atoms with van der Waals surface area (Å²) in [6, 6.07) is 13.8. The Morgan fingerprint density at radius 2 is 1.92 bits per heavy atom. The fourth-order valence-corrected chi connectivity index (χ4v) is 2.33. The lowest BCUT2D eigenvalue weighted by Crippen LogP contribution is -2.21. The van der Waals surface area contributed by atoms with E-state index in [0.717, 1.165) is 11.1 Å². The molecule has 2 aromatic rings. The van der Waals surface area contributed by atoms with Crippen molar-refractivity contribution in [3.8, 4) is 11.5 Å². The van der Waals surface area contributed by atoms with E-state index in [4.69, 9.17) is 14.6 Å². The lowest BCUT2D eigenvalue weighted by Gasteiger charge is -2.14. The van der Waals surface area contributed by atoms with E-state index in [1.54, 1.807) is 0 Å². The number of aliphatic carboxylic acids is 1. The highest BCUT2D eigenvalue weighted by Gasteiger charge is 2.08. The molecule has 0 radical (unpaired) electrons. The highest BCUT2D eigenvalue weighted by atomic mass is 16.5. The van der Waals surface area contributed by atoms with Gasteiger partial charge in [-0.2, -0.15) is 0 Å². The molecule has 2 N–H and O–H groups in total. The molecule has 5 nitrogen and oxygen atoms in total. The summed E-state index contributed by atoms with van der Waals surface area (Å²) in [5, 5.41) is 11.5. The summed E-state index contributed by atoms with van der Waals surface area (Å²) in [5.41, 5.74) is 3.24. The summed E-state index contributed by atoms with van der Waals surface area (Å²) in [7, 11) is 0. The van der Waals surface area contributed by atoms with Crippen LogP contribution >= 0.6 is 0 Å². The topological polar surface area (TPSA) is 67.8 Å². The first-order chi connectivity index (χ1) is 11.6. The van der Waals surface area contributed by atoms with Gasteiger partial charge in [0.15, 0.2) is 11.5 Å². The van der Waals surface area contributed by atoms with Crippen LogP contribution in [0.4, 0.5) is 0 Å². The maximum Gasteiger partial charge on any atom is 0.317 e. The third-order valence-corrected chi connectivity index (χ3v) is 3.39. The van der Waals surface area contributed by atoms with Crippen molar-refractivity contribution in [1.82, 2.24) is 5.32 Å². The van der Waals surface area contributed by atoms with Crippen molar-refractivity contribution in [3.05, 3.63) is 59.2 Å².